The van der Waals surface area contributed by atoms with E-state index in [0.29, 0.717) is 6.54 Å². The fourth-order valence-electron chi connectivity index (χ4n) is 1.64. The van der Waals surface area contributed by atoms with Crippen LogP contribution in [0.4, 0.5) is 0 Å². The number of hydrogen-bond donors (Lipinski definition) is 1. The molecule has 0 aromatic heterocycles. The SMILES string of the molecule is CCC(C)(O)CN(C)Cc1ccccc1. The van der Waals surface area contributed by atoms with Gasteiger partial charge in [-0.3, -0.25) is 4.90 Å². The minimum absolute atomic E-state index is 0.580. The Morgan fingerprint density at radius 3 is 2.40 bits per heavy atom. The molecule has 0 aliphatic heterocycles. The summed E-state index contributed by atoms with van der Waals surface area (Å²) < 4.78 is 0. The largest absolute Gasteiger partial charge is 0.389 e. The monoisotopic (exact) mass is 207 g/mol. The van der Waals surface area contributed by atoms with Crippen molar-refractivity contribution in [1.29, 1.82) is 0 Å². The fourth-order valence-corrected chi connectivity index (χ4v) is 1.64. The molecule has 0 bridgehead atoms. The van der Waals surface area contributed by atoms with E-state index in [4.69, 9.17) is 0 Å². The van der Waals surface area contributed by atoms with E-state index >= 15 is 0 Å². The number of rotatable bonds is 5. The van der Waals surface area contributed by atoms with E-state index in [9.17, 15) is 5.11 Å². The Hall–Kier alpha value is -0.860. The van der Waals surface area contributed by atoms with E-state index in [-0.39, 0.29) is 0 Å². The zero-order valence-corrected chi connectivity index (χ0v) is 9.90. The molecule has 0 amide bonds. The van der Waals surface area contributed by atoms with Crippen LogP contribution < -0.4 is 0 Å². The van der Waals surface area contributed by atoms with Crippen LogP contribution in [0.15, 0.2) is 30.3 Å². The van der Waals surface area contributed by atoms with E-state index < -0.39 is 5.60 Å². The van der Waals surface area contributed by atoms with Gasteiger partial charge in [0.15, 0.2) is 0 Å². The molecule has 0 aliphatic rings. The number of hydrogen-bond acceptors (Lipinski definition) is 2. The van der Waals surface area contributed by atoms with Gasteiger partial charge in [-0.25, -0.2) is 0 Å². The molecule has 0 spiro atoms. The Kier molecular flexibility index (Phi) is 4.30. The van der Waals surface area contributed by atoms with Crippen molar-refractivity contribution < 1.29 is 5.11 Å². The molecular formula is C13H21NO. The second-order valence-corrected chi connectivity index (χ2v) is 4.51. The van der Waals surface area contributed by atoms with Crippen molar-refractivity contribution >= 4 is 0 Å². The molecule has 0 saturated carbocycles. The van der Waals surface area contributed by atoms with Crippen LogP contribution in [-0.4, -0.2) is 29.2 Å². The summed E-state index contributed by atoms with van der Waals surface area (Å²) in [5, 5.41) is 9.93. The van der Waals surface area contributed by atoms with Crippen molar-refractivity contribution in [2.24, 2.45) is 0 Å². The number of benzene rings is 1. The Morgan fingerprint density at radius 1 is 1.27 bits per heavy atom. The van der Waals surface area contributed by atoms with Gasteiger partial charge in [0.05, 0.1) is 5.60 Å². The lowest BCUT2D eigenvalue weighted by Gasteiger charge is -2.28. The molecule has 1 atom stereocenters. The lowest BCUT2D eigenvalue weighted by molar-refractivity contribution is 0.0218. The minimum atomic E-state index is -0.580. The van der Waals surface area contributed by atoms with Gasteiger partial charge < -0.3 is 5.11 Å². The van der Waals surface area contributed by atoms with E-state index in [2.05, 4.69) is 17.0 Å². The molecule has 1 rings (SSSR count). The molecule has 2 heteroatoms. The van der Waals surface area contributed by atoms with Crippen LogP contribution in [-0.2, 0) is 6.54 Å². The molecule has 84 valence electrons. The van der Waals surface area contributed by atoms with Crippen molar-refractivity contribution in [3.05, 3.63) is 35.9 Å². The Bertz CT molecular complexity index is 282. The molecule has 0 fully saturated rings. The summed E-state index contributed by atoms with van der Waals surface area (Å²) in [4.78, 5) is 2.15. The molecule has 0 aliphatic carbocycles. The molecule has 1 aromatic rings. The van der Waals surface area contributed by atoms with Crippen LogP contribution in [0.1, 0.15) is 25.8 Å². The van der Waals surface area contributed by atoms with Gasteiger partial charge in [0.2, 0.25) is 0 Å². The van der Waals surface area contributed by atoms with Crippen LogP contribution in [0.2, 0.25) is 0 Å². The zero-order valence-electron chi connectivity index (χ0n) is 9.90. The zero-order chi connectivity index (χ0) is 11.3. The minimum Gasteiger partial charge on any atom is -0.389 e. The first-order chi connectivity index (χ1) is 7.03. The summed E-state index contributed by atoms with van der Waals surface area (Å²) in [5.41, 5.74) is 0.704. The number of nitrogens with zero attached hydrogens (tertiary/aromatic N) is 1. The molecule has 2 nitrogen and oxygen atoms in total. The summed E-state index contributed by atoms with van der Waals surface area (Å²) >= 11 is 0. The van der Waals surface area contributed by atoms with Crippen molar-refractivity contribution in [3.63, 3.8) is 0 Å². The maximum Gasteiger partial charge on any atom is 0.0743 e. The highest BCUT2D eigenvalue weighted by Crippen LogP contribution is 2.11. The Labute approximate surface area is 92.5 Å². The second kappa shape index (κ2) is 5.29. The third kappa shape index (κ3) is 4.45. The maximum atomic E-state index is 9.93. The molecule has 15 heavy (non-hydrogen) atoms. The van der Waals surface area contributed by atoms with Gasteiger partial charge in [-0.15, -0.1) is 0 Å². The Balaban J connectivity index is 2.46. The standard InChI is InChI=1S/C13H21NO/c1-4-13(2,15)11-14(3)10-12-8-6-5-7-9-12/h5-9,15H,4,10-11H2,1-3H3. The predicted octanol–water partition coefficient (Wildman–Crippen LogP) is 2.28. The van der Waals surface area contributed by atoms with Crippen LogP contribution in [0.25, 0.3) is 0 Å². The third-order valence-electron chi connectivity index (χ3n) is 2.67. The summed E-state index contributed by atoms with van der Waals surface area (Å²) in [6.45, 7) is 5.49. The summed E-state index contributed by atoms with van der Waals surface area (Å²) in [6, 6.07) is 10.3. The summed E-state index contributed by atoms with van der Waals surface area (Å²) in [6.07, 6.45) is 0.784. The first kappa shape index (κ1) is 12.2. The van der Waals surface area contributed by atoms with E-state index in [1.807, 2.05) is 39.1 Å². The molecule has 1 N–H and O–H groups in total. The lowest BCUT2D eigenvalue weighted by Crippen LogP contribution is -2.37. The third-order valence-corrected chi connectivity index (χ3v) is 2.67. The van der Waals surface area contributed by atoms with Crippen LogP contribution in [0, 0.1) is 0 Å². The van der Waals surface area contributed by atoms with Gasteiger partial charge in [-0.05, 0) is 26.0 Å². The fraction of sp³-hybridized carbons (Fsp3) is 0.538. The van der Waals surface area contributed by atoms with Crippen LogP contribution in [0.3, 0.4) is 0 Å². The quantitative estimate of drug-likeness (QED) is 0.800. The smallest absolute Gasteiger partial charge is 0.0743 e. The number of aliphatic hydroxyl groups is 1. The average Bonchev–Trinajstić information content (AvgIpc) is 2.18. The highest BCUT2D eigenvalue weighted by Gasteiger charge is 2.19. The van der Waals surface area contributed by atoms with Crippen molar-refractivity contribution in [1.82, 2.24) is 4.90 Å². The lowest BCUT2D eigenvalue weighted by atomic mass is 10.0. The number of likely N-dealkylation sites (N-methyl/N-ethyl adjacent to an activating group) is 1. The van der Waals surface area contributed by atoms with Crippen molar-refractivity contribution in [2.45, 2.75) is 32.4 Å². The highest BCUT2D eigenvalue weighted by atomic mass is 16.3. The van der Waals surface area contributed by atoms with E-state index in [1.165, 1.54) is 5.56 Å². The topological polar surface area (TPSA) is 23.5 Å². The highest BCUT2D eigenvalue weighted by molar-refractivity contribution is 5.14. The first-order valence-electron chi connectivity index (χ1n) is 5.48. The van der Waals surface area contributed by atoms with Crippen molar-refractivity contribution in [2.75, 3.05) is 13.6 Å². The summed E-state index contributed by atoms with van der Waals surface area (Å²) in [5.74, 6) is 0. The normalized spacial score (nSPS) is 15.3. The average molecular weight is 207 g/mol. The molecular weight excluding hydrogens is 186 g/mol. The van der Waals surface area contributed by atoms with Gasteiger partial charge in [0.25, 0.3) is 0 Å². The van der Waals surface area contributed by atoms with E-state index in [1.54, 1.807) is 0 Å². The summed E-state index contributed by atoms with van der Waals surface area (Å²) in [7, 11) is 2.04. The van der Waals surface area contributed by atoms with Gasteiger partial charge in [-0.2, -0.15) is 0 Å². The van der Waals surface area contributed by atoms with Crippen LogP contribution >= 0.6 is 0 Å². The van der Waals surface area contributed by atoms with Gasteiger partial charge in [0, 0.05) is 13.1 Å². The molecule has 0 heterocycles. The Morgan fingerprint density at radius 2 is 1.87 bits per heavy atom. The second-order valence-electron chi connectivity index (χ2n) is 4.51. The molecule has 0 radical (unpaired) electrons. The maximum absolute atomic E-state index is 9.93. The van der Waals surface area contributed by atoms with Gasteiger partial charge in [0.1, 0.15) is 0 Å². The van der Waals surface area contributed by atoms with Gasteiger partial charge >= 0.3 is 0 Å². The molecule has 0 saturated heterocycles. The first-order valence-corrected chi connectivity index (χ1v) is 5.48. The predicted molar refractivity (Wildman–Crippen MR) is 63.7 cm³/mol. The van der Waals surface area contributed by atoms with E-state index in [0.717, 1.165) is 13.0 Å². The van der Waals surface area contributed by atoms with Crippen molar-refractivity contribution in [3.8, 4) is 0 Å². The molecule has 1 unspecified atom stereocenters. The van der Waals surface area contributed by atoms with Gasteiger partial charge in [-0.1, -0.05) is 37.3 Å². The molecule has 1 aromatic carbocycles. The van der Waals surface area contributed by atoms with Crippen LogP contribution in [0.5, 0.6) is 0 Å².